The average Bonchev–Trinajstić information content (AvgIpc) is 4.00. The average molecular weight is 749 g/mol. The van der Waals surface area contributed by atoms with Crippen molar-refractivity contribution in [1.82, 2.24) is 30.9 Å². The van der Waals surface area contributed by atoms with E-state index in [1.54, 1.807) is 18.6 Å². The number of hydrogen-bond donors (Lipinski definition) is 6. The smallest absolute Gasteiger partial charge is 0.404 e. The Labute approximate surface area is 317 Å². The lowest BCUT2D eigenvalue weighted by Crippen LogP contribution is -2.41. The van der Waals surface area contributed by atoms with Crippen LogP contribution in [0.25, 0.3) is 10.9 Å². The lowest BCUT2D eigenvalue weighted by molar-refractivity contribution is -0.126. The third-order valence-electron chi connectivity index (χ3n) is 9.51. The van der Waals surface area contributed by atoms with E-state index < -0.39 is 6.09 Å². The van der Waals surface area contributed by atoms with E-state index in [9.17, 15) is 14.4 Å². The van der Waals surface area contributed by atoms with Gasteiger partial charge in [0.05, 0.1) is 43.2 Å². The van der Waals surface area contributed by atoms with Crippen molar-refractivity contribution in [3.05, 3.63) is 48.4 Å². The number of pyridine rings is 3. The Morgan fingerprint density at radius 3 is 2.07 bits per heavy atom. The van der Waals surface area contributed by atoms with Gasteiger partial charge in [0.1, 0.15) is 11.6 Å². The Balaban J connectivity index is 0.886. The first-order valence-corrected chi connectivity index (χ1v) is 19.5. The second kappa shape index (κ2) is 22.6. The fraction of sp³-hybridized carbons (Fsp3) is 0.590. The molecule has 5 rings (SSSR count). The van der Waals surface area contributed by atoms with E-state index in [4.69, 9.17) is 19.3 Å². The first-order valence-electron chi connectivity index (χ1n) is 19.5. The molecule has 2 fully saturated rings. The number of carbonyl (C=O) groups is 3. The van der Waals surface area contributed by atoms with Crippen molar-refractivity contribution < 1.29 is 33.7 Å². The van der Waals surface area contributed by atoms with Crippen LogP contribution in [0.15, 0.2) is 42.9 Å². The molecule has 15 nitrogen and oxygen atoms in total. The molecule has 15 heteroatoms. The van der Waals surface area contributed by atoms with Crippen LogP contribution in [0.1, 0.15) is 87.4 Å². The van der Waals surface area contributed by atoms with Crippen molar-refractivity contribution in [3.63, 3.8) is 0 Å². The topological polar surface area (TPSA) is 198 Å². The van der Waals surface area contributed by atoms with Gasteiger partial charge in [-0.05, 0) is 95.2 Å². The Morgan fingerprint density at radius 2 is 1.39 bits per heavy atom. The zero-order valence-electron chi connectivity index (χ0n) is 31.2. The maximum absolute atomic E-state index is 13.4. The van der Waals surface area contributed by atoms with Gasteiger partial charge in [0.15, 0.2) is 0 Å². The highest BCUT2D eigenvalue weighted by Gasteiger charge is 2.29. The summed E-state index contributed by atoms with van der Waals surface area (Å²) in [5, 5.41) is 24.9. The summed E-state index contributed by atoms with van der Waals surface area (Å²) < 4.78 is 16.7. The van der Waals surface area contributed by atoms with E-state index in [-0.39, 0.29) is 23.8 Å². The molecule has 0 aliphatic heterocycles. The van der Waals surface area contributed by atoms with Gasteiger partial charge in [-0.3, -0.25) is 14.6 Å². The number of anilines is 3. The summed E-state index contributed by atoms with van der Waals surface area (Å²) in [4.78, 5) is 50.0. The predicted octanol–water partition coefficient (Wildman–Crippen LogP) is 5.41. The monoisotopic (exact) mass is 748 g/mol. The van der Waals surface area contributed by atoms with Gasteiger partial charge in [0, 0.05) is 74.3 Å². The molecule has 3 aromatic heterocycles. The van der Waals surface area contributed by atoms with Crippen molar-refractivity contribution in [2.24, 2.45) is 5.92 Å². The largest absolute Gasteiger partial charge is 0.465 e. The number of amides is 3. The van der Waals surface area contributed by atoms with Crippen molar-refractivity contribution in [1.29, 1.82) is 0 Å². The van der Waals surface area contributed by atoms with E-state index in [1.807, 2.05) is 24.3 Å². The molecule has 2 saturated carbocycles. The van der Waals surface area contributed by atoms with Gasteiger partial charge >= 0.3 is 6.09 Å². The zero-order chi connectivity index (χ0) is 37.8. The number of nitrogens with one attached hydrogen (secondary N) is 5. The van der Waals surface area contributed by atoms with Gasteiger partial charge in [0.2, 0.25) is 5.91 Å². The minimum Gasteiger partial charge on any atom is -0.465 e. The fourth-order valence-electron chi connectivity index (χ4n) is 6.31. The molecule has 0 radical (unpaired) electrons. The molecule has 0 atom stereocenters. The number of hydrogen-bond acceptors (Lipinski definition) is 11. The van der Waals surface area contributed by atoms with Crippen LogP contribution >= 0.6 is 0 Å². The van der Waals surface area contributed by atoms with Gasteiger partial charge in [-0.25, -0.2) is 14.8 Å². The minimum absolute atomic E-state index is 0.0143. The minimum atomic E-state index is -0.984. The molecule has 3 heterocycles. The summed E-state index contributed by atoms with van der Waals surface area (Å²) in [5.41, 5.74) is 2.10. The van der Waals surface area contributed by atoms with E-state index in [1.165, 1.54) is 0 Å². The molecular weight excluding hydrogens is 692 g/mol. The maximum atomic E-state index is 13.4. The lowest BCUT2D eigenvalue weighted by atomic mass is 9.85. The van der Waals surface area contributed by atoms with Crippen LogP contribution in [0.3, 0.4) is 0 Å². The first kappa shape index (κ1) is 40.6. The number of ether oxygens (including phenoxy) is 3. The Hall–Kier alpha value is -4.60. The fourth-order valence-corrected chi connectivity index (χ4v) is 6.31. The molecule has 6 N–H and O–H groups in total. The van der Waals surface area contributed by atoms with Crippen LogP contribution < -0.4 is 26.6 Å². The Kier molecular flexibility index (Phi) is 17.0. The van der Waals surface area contributed by atoms with Crippen molar-refractivity contribution in [3.8, 4) is 0 Å². The van der Waals surface area contributed by atoms with E-state index in [0.29, 0.717) is 76.0 Å². The third-order valence-corrected chi connectivity index (χ3v) is 9.51. The number of nitrogens with zero attached hydrogens (tertiary/aromatic N) is 3. The summed E-state index contributed by atoms with van der Waals surface area (Å²) in [6, 6.07) is 7.94. The van der Waals surface area contributed by atoms with Crippen molar-refractivity contribution >= 4 is 46.1 Å². The SMILES string of the molecule is O=C(O)NCCCCCOCCOCCOCCCCCNC(=O)[C@H]1CC[C@H](NC(=O)c2cnc(Nc3ccc4cnccc4n3)cc2NC2CC2)CC1. The summed E-state index contributed by atoms with van der Waals surface area (Å²) in [6.45, 7) is 4.56. The van der Waals surface area contributed by atoms with E-state index in [2.05, 4.69) is 41.5 Å². The van der Waals surface area contributed by atoms with Gasteiger partial charge in [-0.15, -0.1) is 0 Å². The van der Waals surface area contributed by atoms with Crippen molar-refractivity contribution in [2.45, 2.75) is 89.1 Å². The zero-order valence-corrected chi connectivity index (χ0v) is 31.2. The van der Waals surface area contributed by atoms with Gasteiger partial charge in [-0.2, -0.15) is 0 Å². The van der Waals surface area contributed by atoms with Crippen LogP contribution in [0.4, 0.5) is 22.1 Å². The standard InChI is InChI=1S/C39H56N8O7/c48-37(41-16-3-1-5-19-52-21-23-54-24-22-53-20-6-2-4-17-42-39(50)51)28-7-10-31(11-8-28)45-38(49)32-27-43-36(25-34(32)44-30-12-13-30)47-35-14-9-29-26-40-18-15-33(29)46-35/h9,14-15,18,25-28,30-31,42H,1-8,10-13,16-17,19-24H2,(H,41,48)(H,45,49)(H,50,51)(H2,43,44,46,47)/t28-,31-. The molecular formula is C39H56N8O7. The molecule has 3 aromatic rings. The third kappa shape index (κ3) is 14.7. The Morgan fingerprint density at radius 1 is 0.722 bits per heavy atom. The van der Waals surface area contributed by atoms with Gasteiger partial charge in [0.25, 0.3) is 5.91 Å². The van der Waals surface area contributed by atoms with Gasteiger partial charge < -0.3 is 45.9 Å². The predicted molar refractivity (Wildman–Crippen MR) is 206 cm³/mol. The van der Waals surface area contributed by atoms with E-state index >= 15 is 0 Å². The van der Waals surface area contributed by atoms with E-state index in [0.717, 1.165) is 93.6 Å². The van der Waals surface area contributed by atoms with Crippen LogP contribution in [-0.2, 0) is 19.0 Å². The normalized spacial score (nSPS) is 16.8. The first-order chi connectivity index (χ1) is 26.4. The summed E-state index contributed by atoms with van der Waals surface area (Å²) in [7, 11) is 0. The summed E-state index contributed by atoms with van der Waals surface area (Å²) in [6.07, 6.45) is 14.7. The number of rotatable bonds is 25. The number of carboxylic acid groups (broad SMARTS) is 1. The quantitative estimate of drug-likeness (QED) is 0.0604. The molecule has 0 aromatic carbocycles. The highest BCUT2D eigenvalue weighted by Crippen LogP contribution is 2.30. The van der Waals surface area contributed by atoms with Crippen LogP contribution in [0.2, 0.25) is 0 Å². The van der Waals surface area contributed by atoms with Crippen LogP contribution in [0.5, 0.6) is 0 Å². The molecule has 0 unspecified atom stereocenters. The number of aromatic nitrogens is 3. The molecule has 0 saturated heterocycles. The highest BCUT2D eigenvalue weighted by atomic mass is 16.5. The number of carbonyl (C=O) groups excluding carboxylic acids is 2. The van der Waals surface area contributed by atoms with Crippen LogP contribution in [-0.4, -0.2) is 103 Å². The summed E-state index contributed by atoms with van der Waals surface area (Å²) >= 11 is 0. The number of unbranched alkanes of at least 4 members (excludes halogenated alkanes) is 4. The molecule has 2 aliphatic carbocycles. The van der Waals surface area contributed by atoms with Crippen LogP contribution in [0, 0.1) is 5.92 Å². The second-order valence-electron chi connectivity index (χ2n) is 13.9. The maximum Gasteiger partial charge on any atom is 0.404 e. The van der Waals surface area contributed by atoms with Gasteiger partial charge in [-0.1, -0.05) is 0 Å². The van der Waals surface area contributed by atoms with Crippen molar-refractivity contribution in [2.75, 3.05) is 63.4 Å². The molecule has 0 bridgehead atoms. The second-order valence-corrected chi connectivity index (χ2v) is 13.9. The highest BCUT2D eigenvalue weighted by molar-refractivity contribution is 6.00. The molecule has 54 heavy (non-hydrogen) atoms. The lowest BCUT2D eigenvalue weighted by Gasteiger charge is -2.28. The molecule has 3 amide bonds. The molecule has 2 aliphatic rings. The Bertz CT molecular complexity index is 1620. The molecule has 0 spiro atoms. The molecule has 294 valence electrons. The summed E-state index contributed by atoms with van der Waals surface area (Å²) in [5.74, 6) is 1.18. The number of fused-ring (bicyclic) bond motifs is 1.